The molecule has 1 aromatic rings. The van der Waals surface area contributed by atoms with Gasteiger partial charge in [-0.05, 0) is 69.3 Å². The molecule has 1 fully saturated rings. The molecule has 45 heavy (non-hydrogen) atoms. The van der Waals surface area contributed by atoms with Gasteiger partial charge in [0.25, 0.3) is 0 Å². The van der Waals surface area contributed by atoms with E-state index < -0.39 is 30.1 Å². The third kappa shape index (κ3) is 16.1. The third-order valence-electron chi connectivity index (χ3n) is 7.65. The molecule has 1 aliphatic heterocycles. The minimum atomic E-state index is -0.908. The molecule has 0 aliphatic carbocycles. The van der Waals surface area contributed by atoms with E-state index in [1.165, 1.54) is 0 Å². The fourth-order valence-corrected chi connectivity index (χ4v) is 5.13. The number of benzene rings is 1. The first kappa shape index (κ1) is 37.2. The van der Waals surface area contributed by atoms with E-state index in [1.807, 2.05) is 30.3 Å². The number of hydrogen-bond acceptors (Lipinski definition) is 9. The highest BCUT2D eigenvalue weighted by Gasteiger charge is 2.29. The molecule has 1 aliphatic rings. The summed E-state index contributed by atoms with van der Waals surface area (Å²) in [5.74, 6) is -1.27. The molecule has 15 nitrogen and oxygen atoms in total. The minimum Gasteiger partial charge on any atom is -0.450 e. The summed E-state index contributed by atoms with van der Waals surface area (Å²) in [5, 5.41) is 19.3. The van der Waals surface area contributed by atoms with E-state index in [2.05, 4.69) is 21.3 Å². The molecule has 0 bridgehead atoms. The molecule has 15 heteroatoms. The van der Waals surface area contributed by atoms with Crippen LogP contribution in [0.15, 0.2) is 30.3 Å². The molecule has 1 saturated heterocycles. The van der Waals surface area contributed by atoms with Crippen LogP contribution in [0.4, 0.5) is 4.79 Å². The van der Waals surface area contributed by atoms with Gasteiger partial charge in [-0.3, -0.25) is 19.8 Å². The second kappa shape index (κ2) is 20.9. The first-order valence-corrected chi connectivity index (χ1v) is 15.6. The van der Waals surface area contributed by atoms with Crippen molar-refractivity contribution in [2.45, 2.75) is 82.0 Å². The van der Waals surface area contributed by atoms with E-state index in [9.17, 15) is 19.2 Å². The molecule has 0 spiro atoms. The van der Waals surface area contributed by atoms with Gasteiger partial charge in [0.1, 0.15) is 6.04 Å². The zero-order valence-corrected chi connectivity index (χ0v) is 25.9. The summed E-state index contributed by atoms with van der Waals surface area (Å²) in [6.45, 7) is 2.02. The number of carbonyl (C=O) groups excluding carboxylic acids is 4. The highest BCUT2D eigenvalue weighted by atomic mass is 16.5. The summed E-state index contributed by atoms with van der Waals surface area (Å²) in [7, 11) is 0. The lowest BCUT2D eigenvalue weighted by Crippen LogP contribution is -2.55. The Balaban J connectivity index is 2.08. The molecule has 0 aromatic heterocycles. The first-order valence-electron chi connectivity index (χ1n) is 15.6. The molecule has 4 atom stereocenters. The van der Waals surface area contributed by atoms with Gasteiger partial charge in [0.2, 0.25) is 17.7 Å². The quantitative estimate of drug-likeness (QED) is 0.0467. The number of amides is 4. The Bertz CT molecular complexity index is 1070. The van der Waals surface area contributed by atoms with Crippen molar-refractivity contribution < 1.29 is 28.7 Å². The van der Waals surface area contributed by atoms with E-state index in [0.29, 0.717) is 58.3 Å². The standard InChI is InChI=1S/C30H51N9O6/c31-23(17-20-7-2-1-3-8-20)27(41)38-22(9-6-13-36-29(33)34)19-37-25(18-21-11-15-44-16-12-21)28(42)39-24(26(32)40)10-4-5-14-45-30(35)43/h1-3,7-8,21-25,37H,4-6,9-19,31H2,(H2,32,40)(H2,35,43)(H,38,41)(H,39,42)(H4,33,34,36)/t22-,23+,24+,25+/m1/s1. The molecule has 4 amide bonds. The molecular weight excluding hydrogens is 582 g/mol. The summed E-state index contributed by atoms with van der Waals surface area (Å²) in [4.78, 5) is 49.6. The van der Waals surface area contributed by atoms with Gasteiger partial charge in [-0.1, -0.05) is 30.3 Å². The van der Waals surface area contributed by atoms with Crippen molar-refractivity contribution in [2.75, 3.05) is 32.9 Å². The zero-order valence-electron chi connectivity index (χ0n) is 25.9. The van der Waals surface area contributed by atoms with Gasteiger partial charge in [0.05, 0.1) is 18.7 Å². The van der Waals surface area contributed by atoms with Crippen LogP contribution in [-0.4, -0.2) is 86.9 Å². The summed E-state index contributed by atoms with van der Waals surface area (Å²) < 4.78 is 10.2. The second-order valence-corrected chi connectivity index (χ2v) is 11.4. The van der Waals surface area contributed by atoms with Crippen LogP contribution in [0, 0.1) is 11.3 Å². The molecule has 0 unspecified atom stereocenters. The van der Waals surface area contributed by atoms with Crippen molar-refractivity contribution in [1.29, 1.82) is 5.41 Å². The lowest BCUT2D eigenvalue weighted by molar-refractivity contribution is -0.129. The lowest BCUT2D eigenvalue weighted by atomic mass is 9.91. The van der Waals surface area contributed by atoms with E-state index in [0.717, 1.165) is 18.4 Å². The van der Waals surface area contributed by atoms with Gasteiger partial charge < -0.3 is 53.7 Å². The average Bonchev–Trinajstić information content (AvgIpc) is 3.00. The average molecular weight is 634 g/mol. The number of ether oxygens (including phenoxy) is 2. The lowest BCUT2D eigenvalue weighted by Gasteiger charge is -2.29. The summed E-state index contributed by atoms with van der Waals surface area (Å²) in [6, 6.07) is 6.77. The number of nitrogens with two attached hydrogens (primary N) is 4. The molecular formula is C30H51N9O6. The maximum absolute atomic E-state index is 13.5. The Morgan fingerprint density at radius 3 is 2.29 bits per heavy atom. The maximum atomic E-state index is 13.5. The van der Waals surface area contributed by atoms with Gasteiger partial charge in [-0.25, -0.2) is 4.79 Å². The van der Waals surface area contributed by atoms with Crippen LogP contribution >= 0.6 is 0 Å². The number of unbranched alkanes of at least 4 members (excludes halogenated alkanes) is 1. The van der Waals surface area contributed by atoms with Crippen LogP contribution in [0.1, 0.15) is 56.9 Å². The molecule has 1 heterocycles. The normalized spacial score (nSPS) is 16.0. The molecule has 2 rings (SSSR count). The predicted octanol–water partition coefficient (Wildman–Crippen LogP) is -0.685. The van der Waals surface area contributed by atoms with Crippen molar-refractivity contribution in [3.05, 3.63) is 35.9 Å². The predicted molar refractivity (Wildman–Crippen MR) is 170 cm³/mol. The van der Waals surface area contributed by atoms with Gasteiger partial charge in [-0.15, -0.1) is 0 Å². The maximum Gasteiger partial charge on any atom is 0.404 e. The van der Waals surface area contributed by atoms with Crippen molar-refractivity contribution >= 4 is 29.8 Å². The van der Waals surface area contributed by atoms with Gasteiger partial charge in [0, 0.05) is 32.3 Å². The van der Waals surface area contributed by atoms with Crippen molar-refractivity contribution in [3.63, 3.8) is 0 Å². The van der Waals surface area contributed by atoms with E-state index in [4.69, 9.17) is 37.8 Å². The zero-order chi connectivity index (χ0) is 33.0. The van der Waals surface area contributed by atoms with Crippen molar-refractivity contribution in [2.24, 2.45) is 28.9 Å². The molecule has 13 N–H and O–H groups in total. The Kier molecular flexibility index (Phi) is 17.3. The van der Waals surface area contributed by atoms with E-state index in [-0.39, 0.29) is 49.3 Å². The monoisotopic (exact) mass is 633 g/mol. The van der Waals surface area contributed by atoms with Crippen LogP contribution in [0.3, 0.4) is 0 Å². The molecule has 252 valence electrons. The van der Waals surface area contributed by atoms with Crippen molar-refractivity contribution in [1.82, 2.24) is 21.3 Å². The van der Waals surface area contributed by atoms with Gasteiger partial charge in [0.15, 0.2) is 5.96 Å². The van der Waals surface area contributed by atoms with Crippen LogP contribution in [0.25, 0.3) is 0 Å². The SMILES string of the molecule is N=C(N)NCCC[C@H](CN[C@@H](CC1CCOCC1)C(=O)N[C@@H](CCCCOC(N)=O)C(N)=O)NC(=O)[C@@H](N)Cc1ccccc1. The van der Waals surface area contributed by atoms with Gasteiger partial charge >= 0.3 is 6.09 Å². The highest BCUT2D eigenvalue weighted by molar-refractivity contribution is 5.89. The van der Waals surface area contributed by atoms with E-state index in [1.54, 1.807) is 0 Å². The molecule has 1 aromatic carbocycles. The number of nitrogens with one attached hydrogen (secondary N) is 5. The summed E-state index contributed by atoms with van der Waals surface area (Å²) in [6.07, 6.45) is 3.94. The van der Waals surface area contributed by atoms with Crippen LogP contribution in [0.5, 0.6) is 0 Å². The summed E-state index contributed by atoms with van der Waals surface area (Å²) in [5.41, 5.74) is 23.2. The van der Waals surface area contributed by atoms with Crippen LogP contribution in [-0.2, 0) is 30.3 Å². The Labute approximate surface area is 264 Å². The number of rotatable bonds is 21. The number of hydrogen-bond donors (Lipinski definition) is 9. The molecule has 0 saturated carbocycles. The second-order valence-electron chi connectivity index (χ2n) is 11.4. The fraction of sp³-hybridized carbons (Fsp3) is 0.633. The number of carbonyl (C=O) groups is 4. The third-order valence-corrected chi connectivity index (χ3v) is 7.65. The fourth-order valence-electron chi connectivity index (χ4n) is 5.13. The van der Waals surface area contributed by atoms with Crippen molar-refractivity contribution in [3.8, 4) is 0 Å². The Hall–Kier alpha value is -3.95. The first-order chi connectivity index (χ1) is 21.5. The van der Waals surface area contributed by atoms with E-state index >= 15 is 0 Å². The van der Waals surface area contributed by atoms with Crippen LogP contribution in [0.2, 0.25) is 0 Å². The molecule has 0 radical (unpaired) electrons. The topological polar surface area (TPSA) is 263 Å². The van der Waals surface area contributed by atoms with Gasteiger partial charge in [-0.2, -0.15) is 0 Å². The highest BCUT2D eigenvalue weighted by Crippen LogP contribution is 2.20. The number of guanidine groups is 1. The minimum absolute atomic E-state index is 0.104. The largest absolute Gasteiger partial charge is 0.450 e. The Morgan fingerprint density at radius 1 is 0.933 bits per heavy atom. The Morgan fingerprint density at radius 2 is 1.64 bits per heavy atom. The van der Waals surface area contributed by atoms with Crippen LogP contribution < -0.4 is 44.2 Å². The number of primary amides is 2. The summed E-state index contributed by atoms with van der Waals surface area (Å²) >= 11 is 0. The smallest absolute Gasteiger partial charge is 0.404 e.